The van der Waals surface area contributed by atoms with Crippen molar-refractivity contribution in [3.05, 3.63) is 22.7 Å². The van der Waals surface area contributed by atoms with Gasteiger partial charge in [-0.25, -0.2) is 4.79 Å². The number of fused-ring (bicyclic) bond motifs is 1. The molecule has 6 heteroatoms. The van der Waals surface area contributed by atoms with Crippen LogP contribution >= 0.6 is 11.6 Å². The fourth-order valence-electron chi connectivity index (χ4n) is 2.02. The summed E-state index contributed by atoms with van der Waals surface area (Å²) in [4.78, 5) is 11.0. The summed E-state index contributed by atoms with van der Waals surface area (Å²) in [7, 11) is 0. The van der Waals surface area contributed by atoms with E-state index < -0.39 is 6.09 Å². The second kappa shape index (κ2) is 4.57. The maximum atomic E-state index is 11.0. The monoisotopic (exact) mass is 269 g/mol. The topological polar surface area (TPSA) is 56.8 Å². The summed E-state index contributed by atoms with van der Waals surface area (Å²) in [5, 5.41) is 3.19. The molecule has 0 bridgehead atoms. The first-order chi connectivity index (χ1) is 8.74. The summed E-state index contributed by atoms with van der Waals surface area (Å²) in [6.07, 6.45) is 0.409. The summed E-state index contributed by atoms with van der Waals surface area (Å²) in [5.41, 5.74) is 0.857. The van der Waals surface area contributed by atoms with E-state index in [1.807, 2.05) is 6.07 Å². The van der Waals surface area contributed by atoms with Gasteiger partial charge in [-0.15, -0.1) is 0 Å². The molecule has 0 radical (unpaired) electrons. The summed E-state index contributed by atoms with van der Waals surface area (Å²) in [5.74, 6) is 1.19. The van der Waals surface area contributed by atoms with Crippen LogP contribution in [0.25, 0.3) is 0 Å². The Balaban J connectivity index is 1.95. The van der Waals surface area contributed by atoms with Gasteiger partial charge in [0.15, 0.2) is 11.5 Å². The van der Waals surface area contributed by atoms with Gasteiger partial charge in [0.05, 0.1) is 24.3 Å². The first-order valence-corrected chi connectivity index (χ1v) is 6.14. The minimum absolute atomic E-state index is 0.188. The van der Waals surface area contributed by atoms with Crippen molar-refractivity contribution in [2.45, 2.75) is 12.5 Å². The normalized spacial score (nSPS) is 22.1. The quantitative estimate of drug-likeness (QED) is 0.850. The van der Waals surface area contributed by atoms with E-state index >= 15 is 0 Å². The number of rotatable bonds is 1. The molecule has 0 aliphatic carbocycles. The van der Waals surface area contributed by atoms with Crippen LogP contribution in [0.3, 0.4) is 0 Å². The molecule has 0 spiro atoms. The van der Waals surface area contributed by atoms with Gasteiger partial charge < -0.3 is 19.5 Å². The molecule has 1 aromatic rings. The van der Waals surface area contributed by atoms with Crippen LogP contribution in [-0.4, -0.2) is 25.9 Å². The van der Waals surface area contributed by atoms with Crippen LogP contribution in [0.1, 0.15) is 18.0 Å². The van der Waals surface area contributed by atoms with Crippen molar-refractivity contribution < 1.29 is 19.0 Å². The maximum absolute atomic E-state index is 11.0. The van der Waals surface area contributed by atoms with E-state index in [-0.39, 0.29) is 6.04 Å². The van der Waals surface area contributed by atoms with Crippen molar-refractivity contribution in [1.29, 1.82) is 0 Å². The second-order valence-electron chi connectivity index (χ2n) is 4.18. The number of benzene rings is 1. The molecular formula is C12H12ClNO4. The number of carbonyl (C=O) groups excluding carboxylic acids is 1. The van der Waals surface area contributed by atoms with Gasteiger partial charge in [0, 0.05) is 6.42 Å². The van der Waals surface area contributed by atoms with Gasteiger partial charge in [-0.1, -0.05) is 11.6 Å². The molecule has 0 aromatic heterocycles. The van der Waals surface area contributed by atoms with E-state index in [0.29, 0.717) is 36.3 Å². The van der Waals surface area contributed by atoms with Gasteiger partial charge in [0.25, 0.3) is 0 Å². The zero-order chi connectivity index (χ0) is 12.5. The Bertz CT molecular complexity index is 491. The Labute approximate surface area is 109 Å². The van der Waals surface area contributed by atoms with Gasteiger partial charge >= 0.3 is 6.09 Å². The lowest BCUT2D eigenvalue weighted by atomic mass is 10.1. The Hall–Kier alpha value is -1.62. The van der Waals surface area contributed by atoms with E-state index in [9.17, 15) is 4.79 Å². The minimum Gasteiger partial charge on any atom is -0.489 e. The number of cyclic esters (lactones) is 1. The predicted molar refractivity (Wildman–Crippen MR) is 64.3 cm³/mol. The van der Waals surface area contributed by atoms with Crippen molar-refractivity contribution >= 4 is 17.7 Å². The van der Waals surface area contributed by atoms with Crippen LogP contribution in [0.4, 0.5) is 4.79 Å². The zero-order valence-corrected chi connectivity index (χ0v) is 10.3. The van der Waals surface area contributed by atoms with Crippen molar-refractivity contribution in [3.63, 3.8) is 0 Å². The Morgan fingerprint density at radius 2 is 2.06 bits per heavy atom. The molecule has 0 saturated carbocycles. The lowest BCUT2D eigenvalue weighted by molar-refractivity contribution is 0.177. The fraction of sp³-hybridized carbons (Fsp3) is 0.417. The minimum atomic E-state index is -0.414. The van der Waals surface area contributed by atoms with Gasteiger partial charge in [-0.2, -0.15) is 0 Å². The zero-order valence-electron chi connectivity index (χ0n) is 9.57. The number of alkyl carbamates (subject to hydrolysis) is 1. The van der Waals surface area contributed by atoms with E-state index in [1.165, 1.54) is 0 Å². The lowest BCUT2D eigenvalue weighted by Gasteiger charge is -2.14. The molecule has 5 nitrogen and oxygen atoms in total. The van der Waals surface area contributed by atoms with Crippen molar-refractivity contribution in [2.75, 3.05) is 19.8 Å². The highest BCUT2D eigenvalue weighted by Crippen LogP contribution is 2.39. The molecule has 2 aliphatic heterocycles. The number of nitrogens with one attached hydrogen (secondary N) is 1. The largest absolute Gasteiger partial charge is 0.489 e. The standard InChI is InChI=1S/C12H12ClNO4/c13-8-4-7(9-6-18-12(15)14-9)5-10-11(8)17-3-1-2-16-10/h4-5,9H,1-3,6H2,(H,14,15). The van der Waals surface area contributed by atoms with Crippen LogP contribution < -0.4 is 14.8 Å². The number of hydrogen-bond acceptors (Lipinski definition) is 4. The molecule has 3 rings (SSSR count). The first kappa shape index (κ1) is 11.5. The molecule has 1 aromatic carbocycles. The van der Waals surface area contributed by atoms with E-state index in [1.54, 1.807) is 6.07 Å². The fourth-order valence-corrected chi connectivity index (χ4v) is 2.29. The number of amides is 1. The molecule has 1 atom stereocenters. The summed E-state index contributed by atoms with van der Waals surface area (Å²) in [6, 6.07) is 3.42. The van der Waals surface area contributed by atoms with Crippen LogP contribution in [0, 0.1) is 0 Å². The summed E-state index contributed by atoms with van der Waals surface area (Å²) in [6.45, 7) is 1.49. The number of carbonyl (C=O) groups is 1. The van der Waals surface area contributed by atoms with Crippen LogP contribution in [0.2, 0.25) is 5.02 Å². The van der Waals surface area contributed by atoms with Gasteiger partial charge in [-0.3, -0.25) is 0 Å². The smallest absolute Gasteiger partial charge is 0.407 e. The predicted octanol–water partition coefficient (Wildman–Crippen LogP) is 2.28. The maximum Gasteiger partial charge on any atom is 0.407 e. The summed E-state index contributed by atoms with van der Waals surface area (Å²) >= 11 is 6.18. The lowest BCUT2D eigenvalue weighted by Crippen LogP contribution is -2.18. The van der Waals surface area contributed by atoms with E-state index in [0.717, 1.165) is 12.0 Å². The highest BCUT2D eigenvalue weighted by atomic mass is 35.5. The molecule has 96 valence electrons. The van der Waals surface area contributed by atoms with E-state index in [4.69, 9.17) is 25.8 Å². The number of ether oxygens (including phenoxy) is 3. The summed E-state index contributed by atoms with van der Waals surface area (Å²) < 4.78 is 16.0. The van der Waals surface area contributed by atoms with Crippen LogP contribution in [-0.2, 0) is 4.74 Å². The molecule has 1 unspecified atom stereocenters. The van der Waals surface area contributed by atoms with Crippen LogP contribution in [0.15, 0.2) is 12.1 Å². The average Bonchev–Trinajstić information content (AvgIpc) is 2.63. The molecule has 1 amide bonds. The third kappa shape index (κ3) is 2.06. The highest BCUT2D eigenvalue weighted by molar-refractivity contribution is 6.32. The average molecular weight is 270 g/mol. The first-order valence-electron chi connectivity index (χ1n) is 5.76. The number of hydrogen-bond donors (Lipinski definition) is 1. The van der Waals surface area contributed by atoms with Gasteiger partial charge in [0.2, 0.25) is 0 Å². The molecule has 18 heavy (non-hydrogen) atoms. The molecular weight excluding hydrogens is 258 g/mol. The van der Waals surface area contributed by atoms with Crippen LogP contribution in [0.5, 0.6) is 11.5 Å². The molecule has 1 saturated heterocycles. The number of halogens is 1. The second-order valence-corrected chi connectivity index (χ2v) is 4.58. The molecule has 2 aliphatic rings. The van der Waals surface area contributed by atoms with Crippen molar-refractivity contribution in [3.8, 4) is 11.5 Å². The SMILES string of the molecule is O=C1NC(c2cc(Cl)c3c(c2)OCCCO3)CO1. The third-order valence-corrected chi connectivity index (χ3v) is 3.18. The van der Waals surface area contributed by atoms with Gasteiger partial charge in [-0.05, 0) is 17.7 Å². The molecule has 2 heterocycles. The van der Waals surface area contributed by atoms with Gasteiger partial charge in [0.1, 0.15) is 6.61 Å². The Kier molecular flexibility index (Phi) is 2.91. The van der Waals surface area contributed by atoms with E-state index in [2.05, 4.69) is 5.32 Å². The van der Waals surface area contributed by atoms with Crippen molar-refractivity contribution in [1.82, 2.24) is 5.32 Å². The molecule has 1 N–H and O–H groups in total. The Morgan fingerprint density at radius 3 is 2.83 bits per heavy atom. The molecule has 1 fully saturated rings. The highest BCUT2D eigenvalue weighted by Gasteiger charge is 2.26. The van der Waals surface area contributed by atoms with Crippen molar-refractivity contribution in [2.24, 2.45) is 0 Å². The Morgan fingerprint density at radius 1 is 1.22 bits per heavy atom. The third-order valence-electron chi connectivity index (χ3n) is 2.90.